The molecule has 0 saturated heterocycles. The number of hydrogen-bond donors (Lipinski definition) is 2. The van der Waals surface area contributed by atoms with Crippen molar-refractivity contribution < 1.29 is 9.90 Å². The number of thiol groups is 1. The molecule has 82 valence electrons. The molecule has 5 heteroatoms. The largest absolute Gasteiger partial charge is 0.395 e. The predicted octanol–water partition coefficient (Wildman–Crippen LogP) is 1.63. The lowest BCUT2D eigenvalue weighted by atomic mass is 10.3. The van der Waals surface area contributed by atoms with Gasteiger partial charge in [0, 0.05) is 22.9 Å². The molecular weight excluding hydrogens is 230 g/mol. The van der Waals surface area contributed by atoms with Crippen LogP contribution < -0.4 is 0 Å². The molecule has 0 radical (unpaired) electrons. The molecule has 1 aliphatic rings. The standard InChI is InChI=1S/C10H13NO2S2/c12-4-3-11(7-1-2-7)10(13)9-5-8(14)6-15-9/h5-7,12,14H,1-4H2. The minimum Gasteiger partial charge on any atom is -0.395 e. The van der Waals surface area contributed by atoms with Crippen molar-refractivity contribution in [1.82, 2.24) is 4.90 Å². The minimum atomic E-state index is 0.0249. The van der Waals surface area contributed by atoms with E-state index in [9.17, 15) is 4.79 Å². The number of carbonyl (C=O) groups excluding carboxylic acids is 1. The van der Waals surface area contributed by atoms with E-state index in [4.69, 9.17) is 5.11 Å². The zero-order valence-corrected chi connectivity index (χ0v) is 9.93. The maximum absolute atomic E-state index is 12.0. The van der Waals surface area contributed by atoms with E-state index in [1.165, 1.54) is 11.3 Å². The smallest absolute Gasteiger partial charge is 0.264 e. The highest BCUT2D eigenvalue weighted by atomic mass is 32.1. The molecule has 15 heavy (non-hydrogen) atoms. The third kappa shape index (κ3) is 2.53. The molecule has 0 bridgehead atoms. The van der Waals surface area contributed by atoms with Crippen LogP contribution in [0.1, 0.15) is 22.5 Å². The number of nitrogens with zero attached hydrogens (tertiary/aromatic N) is 1. The Hall–Kier alpha value is -0.520. The van der Waals surface area contributed by atoms with Crippen molar-refractivity contribution in [3.05, 3.63) is 16.3 Å². The zero-order chi connectivity index (χ0) is 10.8. The van der Waals surface area contributed by atoms with Gasteiger partial charge in [-0.2, -0.15) is 0 Å². The molecule has 1 saturated carbocycles. The highest BCUT2D eigenvalue weighted by Crippen LogP contribution is 2.29. The molecule has 0 spiro atoms. The van der Waals surface area contributed by atoms with Crippen LogP contribution in [0, 0.1) is 0 Å². The number of rotatable bonds is 4. The Kier molecular flexibility index (Phi) is 3.33. The molecule has 1 N–H and O–H groups in total. The van der Waals surface area contributed by atoms with Crippen LogP contribution >= 0.6 is 24.0 Å². The monoisotopic (exact) mass is 243 g/mol. The molecule has 1 aliphatic carbocycles. The van der Waals surface area contributed by atoms with Crippen LogP contribution in [0.15, 0.2) is 16.3 Å². The molecule has 1 heterocycles. The second kappa shape index (κ2) is 4.55. The Morgan fingerprint density at radius 3 is 2.87 bits per heavy atom. The molecule has 0 aliphatic heterocycles. The van der Waals surface area contributed by atoms with Gasteiger partial charge in [-0.05, 0) is 18.9 Å². The van der Waals surface area contributed by atoms with E-state index in [0.717, 1.165) is 17.7 Å². The van der Waals surface area contributed by atoms with Crippen molar-refractivity contribution in [2.75, 3.05) is 13.2 Å². The number of aliphatic hydroxyl groups is 1. The van der Waals surface area contributed by atoms with Crippen molar-refractivity contribution in [2.24, 2.45) is 0 Å². The van der Waals surface area contributed by atoms with Crippen LogP contribution in [0.4, 0.5) is 0 Å². The quantitative estimate of drug-likeness (QED) is 0.789. The summed E-state index contributed by atoms with van der Waals surface area (Å²) in [4.78, 5) is 15.3. The predicted molar refractivity (Wildman–Crippen MR) is 62.7 cm³/mol. The summed E-state index contributed by atoms with van der Waals surface area (Å²) in [6.45, 7) is 0.463. The van der Waals surface area contributed by atoms with E-state index < -0.39 is 0 Å². The van der Waals surface area contributed by atoms with Gasteiger partial charge in [0.25, 0.3) is 5.91 Å². The third-order valence-corrected chi connectivity index (χ3v) is 3.74. The van der Waals surface area contributed by atoms with Crippen LogP contribution in [-0.2, 0) is 0 Å². The van der Waals surface area contributed by atoms with Gasteiger partial charge in [-0.25, -0.2) is 0 Å². The van der Waals surface area contributed by atoms with Crippen molar-refractivity contribution >= 4 is 29.9 Å². The first-order chi connectivity index (χ1) is 7.22. The Labute approximate surface area is 98.1 Å². The average molecular weight is 243 g/mol. The van der Waals surface area contributed by atoms with Gasteiger partial charge < -0.3 is 10.0 Å². The molecule has 0 unspecified atom stereocenters. The zero-order valence-electron chi connectivity index (χ0n) is 8.22. The van der Waals surface area contributed by atoms with Gasteiger partial charge in [-0.15, -0.1) is 24.0 Å². The summed E-state index contributed by atoms with van der Waals surface area (Å²) in [5.41, 5.74) is 0. The maximum Gasteiger partial charge on any atom is 0.264 e. The summed E-state index contributed by atoms with van der Waals surface area (Å²) in [6, 6.07) is 2.12. The van der Waals surface area contributed by atoms with Crippen LogP contribution in [0.25, 0.3) is 0 Å². The normalized spacial score (nSPS) is 15.3. The van der Waals surface area contributed by atoms with Gasteiger partial charge in [-0.3, -0.25) is 4.79 Å². The van der Waals surface area contributed by atoms with Crippen molar-refractivity contribution in [3.63, 3.8) is 0 Å². The Morgan fingerprint density at radius 1 is 1.67 bits per heavy atom. The summed E-state index contributed by atoms with van der Waals surface area (Å²) < 4.78 is 0. The number of hydrogen-bond acceptors (Lipinski definition) is 4. The van der Waals surface area contributed by atoms with Gasteiger partial charge >= 0.3 is 0 Å². The summed E-state index contributed by atoms with van der Waals surface area (Å²) in [6.07, 6.45) is 2.12. The summed E-state index contributed by atoms with van der Waals surface area (Å²) in [5.74, 6) is 0.0249. The third-order valence-electron chi connectivity index (χ3n) is 2.39. The fourth-order valence-corrected chi connectivity index (χ4v) is 2.63. The number of thiophene rings is 1. The van der Waals surface area contributed by atoms with Crippen LogP contribution in [0.2, 0.25) is 0 Å². The molecule has 1 fully saturated rings. The molecule has 1 aromatic rings. The number of carbonyl (C=O) groups is 1. The van der Waals surface area contributed by atoms with Gasteiger partial charge in [-0.1, -0.05) is 0 Å². The van der Waals surface area contributed by atoms with Gasteiger partial charge in [0.15, 0.2) is 0 Å². The fraction of sp³-hybridized carbons (Fsp3) is 0.500. The van der Waals surface area contributed by atoms with E-state index in [1.54, 1.807) is 11.0 Å². The van der Waals surface area contributed by atoms with E-state index in [0.29, 0.717) is 17.5 Å². The minimum absolute atomic E-state index is 0.0249. The first-order valence-corrected chi connectivity index (χ1v) is 6.24. The molecule has 3 nitrogen and oxygen atoms in total. The molecule has 0 aromatic carbocycles. The van der Waals surface area contributed by atoms with Crippen molar-refractivity contribution in [1.29, 1.82) is 0 Å². The lowest BCUT2D eigenvalue weighted by Crippen LogP contribution is -2.35. The number of aliphatic hydroxyl groups excluding tert-OH is 1. The Balaban J connectivity index is 2.10. The van der Waals surface area contributed by atoms with Gasteiger partial charge in [0.2, 0.25) is 0 Å². The van der Waals surface area contributed by atoms with E-state index in [-0.39, 0.29) is 12.5 Å². The first-order valence-electron chi connectivity index (χ1n) is 4.91. The molecule has 1 amide bonds. The fourth-order valence-electron chi connectivity index (χ4n) is 1.52. The molecule has 1 aromatic heterocycles. The van der Waals surface area contributed by atoms with Crippen molar-refractivity contribution in [3.8, 4) is 0 Å². The van der Waals surface area contributed by atoms with E-state index in [1.807, 2.05) is 5.38 Å². The highest BCUT2D eigenvalue weighted by molar-refractivity contribution is 7.80. The molecular formula is C10H13NO2S2. The number of amides is 1. The van der Waals surface area contributed by atoms with Crippen LogP contribution in [0.3, 0.4) is 0 Å². The van der Waals surface area contributed by atoms with Gasteiger partial charge in [0.05, 0.1) is 11.5 Å². The second-order valence-corrected chi connectivity index (χ2v) is 5.05. The summed E-state index contributed by atoms with van der Waals surface area (Å²) in [7, 11) is 0. The highest BCUT2D eigenvalue weighted by Gasteiger charge is 2.32. The lowest BCUT2D eigenvalue weighted by molar-refractivity contribution is 0.0712. The maximum atomic E-state index is 12.0. The van der Waals surface area contributed by atoms with Gasteiger partial charge in [0.1, 0.15) is 0 Å². The Morgan fingerprint density at radius 2 is 2.40 bits per heavy atom. The average Bonchev–Trinajstić information content (AvgIpc) is 2.96. The summed E-state index contributed by atoms with van der Waals surface area (Å²) >= 11 is 5.59. The molecule has 2 rings (SSSR count). The SMILES string of the molecule is O=C(c1cc(S)cs1)N(CCO)C1CC1. The lowest BCUT2D eigenvalue weighted by Gasteiger charge is -2.20. The Bertz CT molecular complexity index is 360. The van der Waals surface area contributed by atoms with E-state index in [2.05, 4.69) is 12.6 Å². The first kappa shape index (κ1) is 11.0. The summed E-state index contributed by atoms with van der Waals surface area (Å²) in [5, 5.41) is 10.8. The van der Waals surface area contributed by atoms with Crippen LogP contribution in [0.5, 0.6) is 0 Å². The second-order valence-electron chi connectivity index (χ2n) is 3.62. The van der Waals surface area contributed by atoms with Crippen LogP contribution in [-0.4, -0.2) is 35.1 Å². The van der Waals surface area contributed by atoms with E-state index >= 15 is 0 Å². The van der Waals surface area contributed by atoms with Crippen molar-refractivity contribution in [2.45, 2.75) is 23.8 Å². The topological polar surface area (TPSA) is 40.5 Å². The molecule has 0 atom stereocenters.